The molecule has 0 aromatic carbocycles. The van der Waals surface area contributed by atoms with Crippen LogP contribution >= 0.6 is 0 Å². The van der Waals surface area contributed by atoms with Crippen molar-refractivity contribution in [1.82, 2.24) is 9.80 Å². The highest BCUT2D eigenvalue weighted by Gasteiger charge is 2.90. The molecule has 1 aliphatic heterocycles. The molecule has 2 amide bonds. The highest BCUT2D eigenvalue weighted by Crippen LogP contribution is 2.59. The number of carbonyl (C=O) groups is 2. The summed E-state index contributed by atoms with van der Waals surface area (Å²) in [5.74, 6) is -69.6. The highest BCUT2D eigenvalue weighted by molar-refractivity contribution is 5.87. The molecule has 0 bridgehead atoms. The van der Waals surface area contributed by atoms with Crippen molar-refractivity contribution in [2.24, 2.45) is 0 Å². The molecule has 1 aliphatic rings. The first-order chi connectivity index (χ1) is 18.0. The van der Waals surface area contributed by atoms with Crippen molar-refractivity contribution in [2.45, 2.75) is 59.7 Å². The number of hydrogen-bond donors (Lipinski definition) is 0. The van der Waals surface area contributed by atoms with Crippen molar-refractivity contribution >= 4 is 11.8 Å². The molecule has 0 saturated carbocycles. The van der Waals surface area contributed by atoms with E-state index in [1.165, 1.54) is 0 Å². The van der Waals surface area contributed by atoms with Gasteiger partial charge >= 0.3 is 59.7 Å². The SMILES string of the molecule is O=C(N1CCN(C(=O)C(F)(F)C(F)(F)C(F)(F)C(F)(F)C(F)(F)F)CC1)C(F)(F)C(F)(F)C(F)(F)C(F)(F)C(F)(F)F. The topological polar surface area (TPSA) is 40.6 Å². The Bertz CT molecular complexity index is 954. The van der Waals surface area contributed by atoms with E-state index in [4.69, 9.17) is 0 Å². The lowest BCUT2D eigenvalue weighted by atomic mass is 9.96. The van der Waals surface area contributed by atoms with E-state index in [0.717, 1.165) is 0 Å². The van der Waals surface area contributed by atoms with E-state index in [-0.39, 0.29) is 0 Å². The van der Waals surface area contributed by atoms with E-state index in [0.29, 0.717) is 0 Å². The summed E-state index contributed by atoms with van der Waals surface area (Å²) in [6.45, 7) is -7.91. The van der Waals surface area contributed by atoms with Gasteiger partial charge in [-0.2, -0.15) is 96.6 Å². The monoisotopic (exact) mass is 678 g/mol. The Morgan fingerprint density at radius 3 is 0.690 bits per heavy atom. The van der Waals surface area contributed by atoms with Gasteiger partial charge in [-0.25, -0.2) is 0 Å². The number of nitrogens with zero attached hydrogens (tertiary/aromatic N) is 2. The van der Waals surface area contributed by atoms with Gasteiger partial charge in [0.25, 0.3) is 11.8 Å². The normalized spacial score (nSPS) is 18.0. The van der Waals surface area contributed by atoms with E-state index >= 15 is 0 Å². The molecular formula is C16H8F22N2O2. The molecule has 0 unspecified atom stereocenters. The number of carbonyl (C=O) groups excluding carboxylic acids is 2. The van der Waals surface area contributed by atoms with Gasteiger partial charge in [-0.15, -0.1) is 0 Å². The van der Waals surface area contributed by atoms with Crippen molar-refractivity contribution in [3.05, 3.63) is 0 Å². The second kappa shape index (κ2) is 9.97. The van der Waals surface area contributed by atoms with Gasteiger partial charge in [-0.05, 0) is 0 Å². The predicted molar refractivity (Wildman–Crippen MR) is 84.8 cm³/mol. The van der Waals surface area contributed by atoms with Crippen LogP contribution in [0.2, 0.25) is 0 Å². The molecule has 0 aromatic heterocycles. The molecule has 0 atom stereocenters. The molecule has 4 nitrogen and oxygen atoms in total. The smallest absolute Gasteiger partial charge is 0.334 e. The maximum absolute atomic E-state index is 13.9. The molecule has 0 N–H and O–H groups in total. The largest absolute Gasteiger partial charge is 0.460 e. The Hall–Kier alpha value is -2.60. The molecule has 1 saturated heterocycles. The van der Waals surface area contributed by atoms with Gasteiger partial charge in [0.15, 0.2) is 0 Å². The molecule has 0 aromatic rings. The van der Waals surface area contributed by atoms with Crippen molar-refractivity contribution in [3.63, 3.8) is 0 Å². The van der Waals surface area contributed by atoms with E-state index in [1.807, 2.05) is 0 Å². The quantitative estimate of drug-likeness (QED) is 0.302. The van der Waals surface area contributed by atoms with Gasteiger partial charge in [0.05, 0.1) is 0 Å². The van der Waals surface area contributed by atoms with Gasteiger partial charge in [0.1, 0.15) is 0 Å². The van der Waals surface area contributed by atoms with Crippen LogP contribution in [-0.4, -0.2) is 108 Å². The van der Waals surface area contributed by atoms with Crippen molar-refractivity contribution in [3.8, 4) is 0 Å². The standard InChI is InChI=1S/C16H8F22N2O2/c17-7(18,9(21,22)11(25,26)13(29,30)15(33,34)35)5(41)39-1-2-40(4-3-39)6(42)8(19,20)10(23,24)12(27,28)14(31,32)16(36,37)38/h1-4H2. The van der Waals surface area contributed by atoms with Crippen molar-refractivity contribution in [2.75, 3.05) is 26.2 Å². The van der Waals surface area contributed by atoms with Crippen LogP contribution in [0.15, 0.2) is 0 Å². The Balaban J connectivity index is 3.25. The van der Waals surface area contributed by atoms with Crippen LogP contribution < -0.4 is 0 Å². The maximum atomic E-state index is 13.9. The number of piperazine rings is 1. The van der Waals surface area contributed by atoms with Gasteiger partial charge in [-0.1, -0.05) is 0 Å². The molecular weight excluding hydrogens is 670 g/mol. The average Bonchev–Trinajstić information content (AvgIpc) is 2.80. The summed E-state index contributed by atoms with van der Waals surface area (Å²) in [4.78, 5) is 21.4. The average molecular weight is 678 g/mol. The fourth-order valence-corrected chi connectivity index (χ4v) is 2.92. The van der Waals surface area contributed by atoms with Crippen LogP contribution in [0.1, 0.15) is 0 Å². The van der Waals surface area contributed by atoms with Gasteiger partial charge < -0.3 is 9.80 Å². The van der Waals surface area contributed by atoms with E-state index in [2.05, 4.69) is 0 Å². The maximum Gasteiger partial charge on any atom is 0.460 e. The minimum Gasteiger partial charge on any atom is -0.334 e. The molecule has 1 fully saturated rings. The number of amides is 2. The zero-order valence-electron chi connectivity index (χ0n) is 18.9. The summed E-state index contributed by atoms with van der Waals surface area (Å²) >= 11 is 0. The third-order valence-corrected chi connectivity index (χ3v) is 5.47. The molecule has 0 radical (unpaired) electrons. The summed E-state index contributed by atoms with van der Waals surface area (Å²) in [5.41, 5.74) is 0. The summed E-state index contributed by atoms with van der Waals surface area (Å²) in [6, 6.07) is 0. The van der Waals surface area contributed by atoms with Crippen LogP contribution in [0, 0.1) is 0 Å². The minimum atomic E-state index is -8.06. The number of hydrogen-bond acceptors (Lipinski definition) is 2. The van der Waals surface area contributed by atoms with Crippen LogP contribution in [0.4, 0.5) is 96.6 Å². The summed E-state index contributed by atoms with van der Waals surface area (Å²) < 4.78 is 287. The van der Waals surface area contributed by atoms with Crippen molar-refractivity contribution < 1.29 is 106 Å². The lowest BCUT2D eigenvalue weighted by Crippen LogP contribution is -2.71. The van der Waals surface area contributed by atoms with E-state index in [9.17, 15) is 106 Å². The first-order valence-corrected chi connectivity index (χ1v) is 9.78. The molecule has 1 heterocycles. The van der Waals surface area contributed by atoms with E-state index < -0.39 is 108 Å². The predicted octanol–water partition coefficient (Wildman–Crippen LogP) is 5.86. The number of alkyl halides is 22. The third-order valence-electron chi connectivity index (χ3n) is 5.47. The Morgan fingerprint density at radius 2 is 0.524 bits per heavy atom. The van der Waals surface area contributed by atoms with Crippen LogP contribution in [0.3, 0.4) is 0 Å². The molecule has 0 aliphatic carbocycles. The zero-order valence-corrected chi connectivity index (χ0v) is 18.9. The van der Waals surface area contributed by atoms with Crippen LogP contribution in [0.5, 0.6) is 0 Å². The van der Waals surface area contributed by atoms with Crippen LogP contribution in [-0.2, 0) is 9.59 Å². The van der Waals surface area contributed by atoms with Gasteiger partial charge in [0.2, 0.25) is 0 Å². The van der Waals surface area contributed by atoms with E-state index in [1.54, 1.807) is 0 Å². The molecule has 26 heteroatoms. The molecule has 0 spiro atoms. The highest BCUT2D eigenvalue weighted by atomic mass is 19.4. The minimum absolute atomic E-state index is 0.914. The lowest BCUT2D eigenvalue weighted by Gasteiger charge is -2.42. The Kier molecular flexibility index (Phi) is 8.88. The summed E-state index contributed by atoms with van der Waals surface area (Å²) in [6.07, 6.45) is -15.2. The second-order valence-electron chi connectivity index (χ2n) is 8.18. The number of halogens is 22. The Labute approximate surface area is 215 Å². The number of rotatable bonds is 8. The fourth-order valence-electron chi connectivity index (χ4n) is 2.92. The second-order valence-corrected chi connectivity index (χ2v) is 8.18. The van der Waals surface area contributed by atoms with Gasteiger partial charge in [0, 0.05) is 26.2 Å². The summed E-state index contributed by atoms with van der Waals surface area (Å²) in [7, 11) is 0. The Morgan fingerprint density at radius 1 is 0.333 bits per heavy atom. The summed E-state index contributed by atoms with van der Waals surface area (Å²) in [5, 5.41) is 0. The molecule has 248 valence electrons. The van der Waals surface area contributed by atoms with Crippen LogP contribution in [0.25, 0.3) is 0 Å². The first kappa shape index (κ1) is 37.4. The fraction of sp³-hybridized carbons (Fsp3) is 0.875. The molecule has 42 heavy (non-hydrogen) atoms. The molecule has 1 rings (SSSR count). The zero-order chi connectivity index (χ0) is 34.1. The van der Waals surface area contributed by atoms with Crippen molar-refractivity contribution in [1.29, 1.82) is 0 Å². The first-order valence-electron chi connectivity index (χ1n) is 9.78. The van der Waals surface area contributed by atoms with Gasteiger partial charge in [-0.3, -0.25) is 9.59 Å². The lowest BCUT2D eigenvalue weighted by molar-refractivity contribution is -0.417. The third kappa shape index (κ3) is 5.02.